The van der Waals surface area contributed by atoms with Gasteiger partial charge in [-0.25, -0.2) is 4.98 Å². The molecular formula is C12H12Cl2N2O. The molecule has 90 valence electrons. The van der Waals surface area contributed by atoms with Gasteiger partial charge in [0, 0.05) is 6.08 Å². The summed E-state index contributed by atoms with van der Waals surface area (Å²) in [6, 6.07) is 1.64. The van der Waals surface area contributed by atoms with Gasteiger partial charge in [0.2, 0.25) is 5.91 Å². The molecule has 0 aliphatic heterocycles. The Morgan fingerprint density at radius 1 is 1.41 bits per heavy atom. The van der Waals surface area contributed by atoms with Gasteiger partial charge in [-0.05, 0) is 25.5 Å². The molecule has 0 bridgehead atoms. The lowest BCUT2D eigenvalue weighted by Crippen LogP contribution is -2.10. The summed E-state index contributed by atoms with van der Waals surface area (Å²) in [5.41, 5.74) is 1.24. The van der Waals surface area contributed by atoms with Crippen LogP contribution in [-0.4, -0.2) is 10.9 Å². The van der Waals surface area contributed by atoms with E-state index in [1.54, 1.807) is 25.1 Å². The first-order valence-electron chi connectivity index (χ1n) is 4.97. The van der Waals surface area contributed by atoms with E-state index >= 15 is 0 Å². The summed E-state index contributed by atoms with van der Waals surface area (Å²) in [5.74, 6) is -0.266. The number of carbonyl (C=O) groups is 1. The van der Waals surface area contributed by atoms with E-state index in [1.807, 2.05) is 13.0 Å². The average Bonchev–Trinajstić information content (AvgIpc) is 2.24. The zero-order chi connectivity index (χ0) is 12.8. The fourth-order valence-electron chi connectivity index (χ4n) is 1.16. The number of hydrogen-bond donors (Lipinski definition) is 1. The number of anilines is 1. The fourth-order valence-corrected chi connectivity index (χ4v) is 1.74. The SMILES string of the molecule is CC=CC=CC(=O)Nc1c(C)cc(Cl)nc1Cl. The number of aromatic nitrogens is 1. The van der Waals surface area contributed by atoms with Gasteiger partial charge in [0.25, 0.3) is 0 Å². The molecule has 0 aliphatic carbocycles. The summed E-state index contributed by atoms with van der Waals surface area (Å²) >= 11 is 11.6. The number of aryl methyl sites for hydroxylation is 1. The third kappa shape index (κ3) is 4.21. The van der Waals surface area contributed by atoms with Crippen LogP contribution in [0.1, 0.15) is 12.5 Å². The Balaban J connectivity index is 2.85. The molecule has 0 saturated heterocycles. The normalized spacial score (nSPS) is 11.3. The third-order valence-electron chi connectivity index (χ3n) is 1.94. The molecule has 0 atom stereocenters. The maximum Gasteiger partial charge on any atom is 0.248 e. The first-order valence-corrected chi connectivity index (χ1v) is 5.73. The molecular weight excluding hydrogens is 259 g/mol. The topological polar surface area (TPSA) is 42.0 Å². The minimum Gasteiger partial charge on any atom is -0.320 e. The van der Waals surface area contributed by atoms with Crippen molar-refractivity contribution in [2.45, 2.75) is 13.8 Å². The Hall–Kier alpha value is -1.32. The lowest BCUT2D eigenvalue weighted by molar-refractivity contribution is -0.111. The standard InChI is InChI=1S/C12H12Cl2N2O/c1-3-4-5-6-10(17)16-11-8(2)7-9(13)15-12(11)14/h3-7H,1-2H3,(H,16,17). The van der Waals surface area contributed by atoms with Crippen LogP contribution >= 0.6 is 23.2 Å². The number of allylic oxidation sites excluding steroid dienone is 3. The largest absolute Gasteiger partial charge is 0.320 e. The highest BCUT2D eigenvalue weighted by Gasteiger charge is 2.09. The van der Waals surface area contributed by atoms with E-state index < -0.39 is 0 Å². The summed E-state index contributed by atoms with van der Waals surface area (Å²) < 4.78 is 0. The maximum atomic E-state index is 11.5. The van der Waals surface area contributed by atoms with E-state index in [4.69, 9.17) is 23.2 Å². The van der Waals surface area contributed by atoms with Crippen LogP contribution in [0.2, 0.25) is 10.3 Å². The number of carbonyl (C=O) groups excluding carboxylic acids is 1. The molecule has 0 fully saturated rings. The van der Waals surface area contributed by atoms with Crippen LogP contribution in [0.3, 0.4) is 0 Å². The molecule has 1 rings (SSSR count). The van der Waals surface area contributed by atoms with Gasteiger partial charge in [-0.15, -0.1) is 0 Å². The van der Waals surface area contributed by atoms with E-state index in [0.717, 1.165) is 5.56 Å². The number of pyridine rings is 1. The van der Waals surface area contributed by atoms with Crippen LogP contribution in [0.15, 0.2) is 30.4 Å². The van der Waals surface area contributed by atoms with Crippen molar-refractivity contribution in [2.24, 2.45) is 0 Å². The predicted octanol–water partition coefficient (Wildman–Crippen LogP) is 3.77. The Bertz CT molecular complexity index is 458. The summed E-state index contributed by atoms with van der Waals surface area (Å²) in [6.07, 6.45) is 6.63. The predicted molar refractivity (Wildman–Crippen MR) is 71.6 cm³/mol. The quantitative estimate of drug-likeness (QED) is 0.516. The number of hydrogen-bond acceptors (Lipinski definition) is 2. The number of rotatable bonds is 3. The van der Waals surface area contributed by atoms with E-state index in [-0.39, 0.29) is 11.1 Å². The molecule has 1 N–H and O–H groups in total. The summed E-state index contributed by atoms with van der Waals surface area (Å²) in [4.78, 5) is 15.4. The number of halogens is 2. The summed E-state index contributed by atoms with van der Waals surface area (Å²) in [6.45, 7) is 3.66. The fraction of sp³-hybridized carbons (Fsp3) is 0.167. The van der Waals surface area contributed by atoms with Crippen molar-refractivity contribution in [2.75, 3.05) is 5.32 Å². The molecule has 17 heavy (non-hydrogen) atoms. The molecule has 0 radical (unpaired) electrons. The molecule has 0 aliphatic rings. The van der Waals surface area contributed by atoms with Crippen molar-refractivity contribution in [1.82, 2.24) is 4.98 Å². The molecule has 0 unspecified atom stereocenters. The van der Waals surface area contributed by atoms with Crippen LogP contribution in [0.4, 0.5) is 5.69 Å². The average molecular weight is 271 g/mol. The van der Waals surface area contributed by atoms with Gasteiger partial charge in [0.15, 0.2) is 5.15 Å². The van der Waals surface area contributed by atoms with Crippen molar-refractivity contribution in [1.29, 1.82) is 0 Å². The van der Waals surface area contributed by atoms with Gasteiger partial charge >= 0.3 is 0 Å². The van der Waals surface area contributed by atoms with Gasteiger partial charge < -0.3 is 5.32 Å². The van der Waals surface area contributed by atoms with Gasteiger partial charge in [-0.3, -0.25) is 4.79 Å². The van der Waals surface area contributed by atoms with Crippen molar-refractivity contribution < 1.29 is 4.79 Å². The highest BCUT2D eigenvalue weighted by atomic mass is 35.5. The Morgan fingerprint density at radius 3 is 2.71 bits per heavy atom. The highest BCUT2D eigenvalue weighted by molar-refractivity contribution is 6.34. The van der Waals surface area contributed by atoms with Gasteiger partial charge in [0.05, 0.1) is 5.69 Å². The molecule has 1 heterocycles. The second-order valence-corrected chi connectivity index (χ2v) is 4.05. The zero-order valence-corrected chi connectivity index (χ0v) is 11.0. The monoisotopic (exact) mass is 270 g/mol. The van der Waals surface area contributed by atoms with Crippen LogP contribution in [0.5, 0.6) is 0 Å². The minimum absolute atomic E-state index is 0.183. The van der Waals surface area contributed by atoms with E-state index in [9.17, 15) is 4.79 Å². The molecule has 0 saturated carbocycles. The van der Waals surface area contributed by atoms with Crippen molar-refractivity contribution in [3.8, 4) is 0 Å². The molecule has 0 aromatic carbocycles. The summed E-state index contributed by atoms with van der Waals surface area (Å²) in [7, 11) is 0. The Labute approximate surface area is 110 Å². The minimum atomic E-state index is -0.266. The lowest BCUT2D eigenvalue weighted by atomic mass is 10.2. The number of amides is 1. The lowest BCUT2D eigenvalue weighted by Gasteiger charge is -2.08. The smallest absolute Gasteiger partial charge is 0.248 e. The van der Waals surface area contributed by atoms with Gasteiger partial charge in [0.1, 0.15) is 5.15 Å². The van der Waals surface area contributed by atoms with Crippen molar-refractivity contribution in [3.63, 3.8) is 0 Å². The first-order chi connectivity index (χ1) is 8.04. The second-order valence-electron chi connectivity index (χ2n) is 3.30. The molecule has 1 aromatic rings. The third-order valence-corrected chi connectivity index (χ3v) is 2.41. The number of nitrogens with one attached hydrogen (secondary N) is 1. The van der Waals surface area contributed by atoms with Gasteiger partial charge in [-0.1, -0.05) is 41.4 Å². The summed E-state index contributed by atoms with van der Waals surface area (Å²) in [5, 5.41) is 3.14. The molecule has 0 spiro atoms. The van der Waals surface area contributed by atoms with Crippen LogP contribution in [-0.2, 0) is 4.79 Å². The second kappa shape index (κ2) is 6.42. The maximum absolute atomic E-state index is 11.5. The van der Waals surface area contributed by atoms with Crippen LogP contribution in [0.25, 0.3) is 0 Å². The zero-order valence-electron chi connectivity index (χ0n) is 9.50. The van der Waals surface area contributed by atoms with Crippen molar-refractivity contribution in [3.05, 3.63) is 46.2 Å². The highest BCUT2D eigenvalue weighted by Crippen LogP contribution is 2.26. The van der Waals surface area contributed by atoms with Gasteiger partial charge in [-0.2, -0.15) is 0 Å². The van der Waals surface area contributed by atoms with E-state index in [0.29, 0.717) is 10.8 Å². The first kappa shape index (κ1) is 13.7. The molecule has 1 amide bonds. The van der Waals surface area contributed by atoms with E-state index in [2.05, 4.69) is 10.3 Å². The molecule has 1 aromatic heterocycles. The Morgan fingerprint density at radius 2 is 2.12 bits per heavy atom. The van der Waals surface area contributed by atoms with E-state index in [1.165, 1.54) is 6.08 Å². The number of nitrogens with zero attached hydrogens (tertiary/aromatic N) is 1. The Kier molecular flexibility index (Phi) is 5.19. The van der Waals surface area contributed by atoms with Crippen LogP contribution < -0.4 is 5.32 Å². The van der Waals surface area contributed by atoms with Crippen molar-refractivity contribution >= 4 is 34.8 Å². The molecule has 5 heteroatoms. The van der Waals surface area contributed by atoms with Crippen LogP contribution in [0, 0.1) is 6.92 Å². The molecule has 3 nitrogen and oxygen atoms in total.